The van der Waals surface area contributed by atoms with E-state index in [2.05, 4.69) is 49.6 Å². The minimum Gasteiger partial charge on any atom is -0.463 e. The number of carbonyl (C=O) groups is 4. The topological polar surface area (TPSA) is 124 Å². The van der Waals surface area contributed by atoms with Crippen molar-refractivity contribution in [2.24, 2.45) is 35.5 Å². The van der Waals surface area contributed by atoms with Crippen LogP contribution in [0, 0.1) is 35.5 Å². The van der Waals surface area contributed by atoms with Crippen LogP contribution in [-0.2, 0) is 38.1 Å². The van der Waals surface area contributed by atoms with Crippen LogP contribution in [0.2, 0.25) is 0 Å². The van der Waals surface area contributed by atoms with Gasteiger partial charge in [-0.1, -0.05) is 125 Å². The first-order valence-electron chi connectivity index (χ1n) is 31.6. The van der Waals surface area contributed by atoms with E-state index in [4.69, 9.17) is 28.4 Å². The molecule has 0 N–H and O–H groups in total. The molecule has 9 rings (SSSR count). The lowest BCUT2D eigenvalue weighted by atomic mass is 9.70. The number of fused-ring (bicyclic) bond motifs is 2. The standard InChI is InChI=1S/C70H90O10S2/c1-3-63(71)77-45-21-11-7-5-9-19-43-75-57-39-35-51(36-40-57)49-27-31-55(32-28-49)69(73)79-65-59-47-61(53-23-15-13-16-24-53)82-68(59)66(60-48-62(81-67(60)65)54-25-17-14-18-26-54)80-70(74)56-33-29-50(30-34-56)52-37-41-58(42-38-52)76-44-20-10-6-8-12-22-46-78-64(72)4-2/h3-4,13-18,23-26,47-52,55-58H,1-2,5-12,19-22,27-46H2. The van der Waals surface area contributed by atoms with E-state index in [1.165, 1.54) is 63.5 Å². The number of carbonyl (C=O) groups excluding carboxylic acids is 4. The molecule has 12 heteroatoms. The molecule has 0 atom stereocenters. The first-order chi connectivity index (χ1) is 40.2. The maximum Gasteiger partial charge on any atom is 0.330 e. The highest BCUT2D eigenvalue weighted by molar-refractivity contribution is 7.24. The SMILES string of the molecule is C=CC(=O)OCCCCCCCCOC1CCC(C2CCC(C(=O)Oc3c4cc(-c5ccccc5)sc4c(OC(=O)C4CCC(C5CCC(OCCCCCCCCOC(=O)C=C)CC5)CC4)c4cc(-c5ccccc5)sc34)CC2)CC1. The van der Waals surface area contributed by atoms with Gasteiger partial charge in [-0.25, -0.2) is 9.59 Å². The number of rotatable bonds is 30. The molecule has 4 saturated carbocycles. The maximum atomic E-state index is 14.6. The Morgan fingerprint density at radius 1 is 0.415 bits per heavy atom. The van der Waals surface area contributed by atoms with Gasteiger partial charge < -0.3 is 28.4 Å². The number of esters is 4. The summed E-state index contributed by atoms with van der Waals surface area (Å²) in [6, 6.07) is 25.0. The zero-order chi connectivity index (χ0) is 56.9. The number of ether oxygens (including phenoxy) is 6. The summed E-state index contributed by atoms with van der Waals surface area (Å²) in [5.41, 5.74) is 2.14. The highest BCUT2D eigenvalue weighted by Gasteiger charge is 2.37. The van der Waals surface area contributed by atoms with Crippen LogP contribution < -0.4 is 9.47 Å². The van der Waals surface area contributed by atoms with Crippen molar-refractivity contribution in [1.82, 2.24) is 0 Å². The molecule has 3 aromatic carbocycles. The van der Waals surface area contributed by atoms with Crippen LogP contribution in [0.25, 0.3) is 41.1 Å². The van der Waals surface area contributed by atoms with Gasteiger partial charge in [0.25, 0.3) is 0 Å². The Labute approximate surface area is 496 Å². The van der Waals surface area contributed by atoms with Gasteiger partial charge >= 0.3 is 23.9 Å². The first-order valence-corrected chi connectivity index (χ1v) is 33.3. The molecular weight excluding hydrogens is 1060 g/mol. The molecule has 4 fully saturated rings. The van der Waals surface area contributed by atoms with Crippen molar-refractivity contribution >= 4 is 66.7 Å². The van der Waals surface area contributed by atoms with Crippen molar-refractivity contribution in [3.8, 4) is 32.4 Å². The largest absolute Gasteiger partial charge is 0.463 e. The molecule has 2 heterocycles. The Morgan fingerprint density at radius 2 is 0.732 bits per heavy atom. The lowest BCUT2D eigenvalue weighted by Gasteiger charge is -2.37. The summed E-state index contributed by atoms with van der Waals surface area (Å²) in [7, 11) is 0. The number of unbranched alkanes of at least 4 members (excludes halogenated alkanes) is 10. The van der Waals surface area contributed by atoms with E-state index < -0.39 is 0 Å². The van der Waals surface area contributed by atoms with Gasteiger partial charge in [0.2, 0.25) is 0 Å². The summed E-state index contributed by atoms with van der Waals surface area (Å²) in [5.74, 6) is 2.45. The lowest BCUT2D eigenvalue weighted by molar-refractivity contribution is -0.141. The molecule has 0 radical (unpaired) electrons. The molecule has 0 unspecified atom stereocenters. The molecule has 442 valence electrons. The Hall–Kier alpha value is -5.14. The van der Waals surface area contributed by atoms with E-state index in [1.807, 2.05) is 36.4 Å². The van der Waals surface area contributed by atoms with Gasteiger partial charge in [0, 0.05) is 45.9 Å². The monoisotopic (exact) mass is 1150 g/mol. The van der Waals surface area contributed by atoms with Crippen molar-refractivity contribution < 1.29 is 47.6 Å². The van der Waals surface area contributed by atoms with E-state index >= 15 is 0 Å². The van der Waals surface area contributed by atoms with E-state index in [0.717, 1.165) is 183 Å². The van der Waals surface area contributed by atoms with Crippen LogP contribution >= 0.6 is 22.7 Å². The molecule has 0 bridgehead atoms. The number of hydrogen-bond donors (Lipinski definition) is 0. The van der Waals surface area contributed by atoms with Crippen LogP contribution in [0.1, 0.15) is 180 Å². The van der Waals surface area contributed by atoms with Crippen molar-refractivity contribution in [3.05, 3.63) is 98.1 Å². The van der Waals surface area contributed by atoms with Crippen molar-refractivity contribution in [2.75, 3.05) is 26.4 Å². The smallest absolute Gasteiger partial charge is 0.330 e. The number of thiophene rings is 2. The molecule has 82 heavy (non-hydrogen) atoms. The molecule has 5 aromatic rings. The second-order valence-corrected chi connectivity index (χ2v) is 26.1. The molecule has 0 saturated heterocycles. The Bertz CT molecular complexity index is 2560. The molecule has 4 aliphatic rings. The Balaban J connectivity index is 0.780. The fraction of sp³-hybridized carbons (Fsp3) is 0.571. The summed E-state index contributed by atoms with van der Waals surface area (Å²) in [5, 5.41) is 1.64. The summed E-state index contributed by atoms with van der Waals surface area (Å²) in [6.07, 6.45) is 33.0. The minimum atomic E-state index is -0.343. The van der Waals surface area contributed by atoms with Crippen LogP contribution in [0.15, 0.2) is 98.1 Å². The van der Waals surface area contributed by atoms with Gasteiger partial charge in [0.15, 0.2) is 11.5 Å². The summed E-state index contributed by atoms with van der Waals surface area (Å²) >= 11 is 3.22. The third kappa shape index (κ3) is 17.5. The third-order valence-corrected chi connectivity index (χ3v) is 20.8. The quantitative estimate of drug-likeness (QED) is 0.0190. The van der Waals surface area contributed by atoms with E-state index in [1.54, 1.807) is 22.7 Å². The molecule has 2 aromatic heterocycles. The molecule has 0 aliphatic heterocycles. The van der Waals surface area contributed by atoms with Gasteiger partial charge in [0.1, 0.15) is 0 Å². The fourth-order valence-electron chi connectivity index (χ4n) is 13.7. The van der Waals surface area contributed by atoms with Gasteiger partial charge in [-0.15, -0.1) is 22.7 Å². The molecule has 10 nitrogen and oxygen atoms in total. The summed E-state index contributed by atoms with van der Waals surface area (Å²) in [6.45, 7) is 9.48. The second-order valence-electron chi connectivity index (χ2n) is 24.0. The number of hydrogen-bond acceptors (Lipinski definition) is 12. The highest BCUT2D eigenvalue weighted by atomic mass is 32.1. The number of benzene rings is 3. The normalized spacial score (nSPS) is 23.0. The van der Waals surface area contributed by atoms with Gasteiger partial charge in [0.05, 0.1) is 46.7 Å². The zero-order valence-corrected chi connectivity index (χ0v) is 50.3. The molecule has 4 aliphatic carbocycles. The van der Waals surface area contributed by atoms with Gasteiger partial charge in [-0.05, 0) is 175 Å². The average molecular weight is 1160 g/mol. The van der Waals surface area contributed by atoms with Crippen LogP contribution in [-0.4, -0.2) is 62.5 Å². The zero-order valence-electron chi connectivity index (χ0n) is 48.6. The lowest BCUT2D eigenvalue weighted by Crippen LogP contribution is -2.31. The van der Waals surface area contributed by atoms with E-state index in [9.17, 15) is 19.2 Å². The molecule has 0 spiro atoms. The predicted octanol–water partition coefficient (Wildman–Crippen LogP) is 18.2. The van der Waals surface area contributed by atoms with Crippen LogP contribution in [0.3, 0.4) is 0 Å². The summed E-state index contributed by atoms with van der Waals surface area (Å²) < 4.78 is 38.1. The predicted molar refractivity (Wildman–Crippen MR) is 331 cm³/mol. The van der Waals surface area contributed by atoms with Crippen LogP contribution in [0.5, 0.6) is 11.5 Å². The van der Waals surface area contributed by atoms with Gasteiger partial charge in [-0.3, -0.25) is 9.59 Å². The van der Waals surface area contributed by atoms with Gasteiger partial charge in [-0.2, -0.15) is 0 Å². The fourth-order valence-corrected chi connectivity index (χ4v) is 16.0. The van der Waals surface area contributed by atoms with E-state index in [-0.39, 0.29) is 35.7 Å². The van der Waals surface area contributed by atoms with Crippen LogP contribution in [0.4, 0.5) is 0 Å². The maximum absolute atomic E-state index is 14.6. The van der Waals surface area contributed by atoms with Crippen molar-refractivity contribution in [1.29, 1.82) is 0 Å². The molecular formula is C70H90O10S2. The first kappa shape index (κ1) is 61.4. The third-order valence-electron chi connectivity index (χ3n) is 18.5. The average Bonchev–Trinajstić information content (AvgIpc) is 4.25. The van der Waals surface area contributed by atoms with Crippen molar-refractivity contribution in [3.63, 3.8) is 0 Å². The molecule has 0 amide bonds. The Morgan fingerprint density at radius 3 is 1.07 bits per heavy atom. The highest BCUT2D eigenvalue weighted by Crippen LogP contribution is 2.54. The van der Waals surface area contributed by atoms with E-state index in [0.29, 0.717) is 60.6 Å². The summed E-state index contributed by atoms with van der Waals surface area (Å²) in [4.78, 5) is 53.7. The Kier molecular flexibility index (Phi) is 24.1. The second kappa shape index (κ2) is 32.2. The minimum absolute atomic E-state index is 0.154. The van der Waals surface area contributed by atoms with Crippen molar-refractivity contribution in [2.45, 2.75) is 192 Å².